The number of rotatable bonds is 3. The van der Waals surface area contributed by atoms with Crippen molar-refractivity contribution >= 4 is 27.1 Å². The molecule has 1 aromatic carbocycles. The number of aliphatic hydroxyl groups excluding tert-OH is 1. The Hall–Kier alpha value is -2.84. The van der Waals surface area contributed by atoms with Gasteiger partial charge in [-0.25, -0.2) is 0 Å². The molecule has 21 heavy (non-hydrogen) atoms. The number of nitriles is 4. The van der Waals surface area contributed by atoms with Crippen molar-refractivity contribution in [1.82, 2.24) is 0 Å². The maximum absolute atomic E-state index is 8.95. The molecule has 1 aromatic rings. The number of benzene rings is 1. The summed E-state index contributed by atoms with van der Waals surface area (Å²) in [6.45, 7) is -0.307. The highest BCUT2D eigenvalue weighted by Gasteiger charge is 2.08. The molecule has 1 N–H and O–H groups in total. The summed E-state index contributed by atoms with van der Waals surface area (Å²) in [5.74, 6) is 0.142. The standard InChI is InChI=1S/C14H7BrN4O2/c15-13-3-12(10(7-18)8-19)14(21-2-1-20)4-11(13)9(5-16)6-17/h3-4,20H,1-2H2. The second kappa shape index (κ2) is 7.68. The first kappa shape index (κ1) is 16.2. The van der Waals surface area contributed by atoms with Crippen molar-refractivity contribution in [3.05, 3.63) is 27.0 Å². The van der Waals surface area contributed by atoms with Crippen LogP contribution in [-0.2, 0) is 0 Å². The lowest BCUT2D eigenvalue weighted by Gasteiger charge is -2.06. The molecule has 0 aromatic heterocycles. The van der Waals surface area contributed by atoms with Gasteiger partial charge >= 0.3 is 0 Å². The van der Waals surface area contributed by atoms with Crippen molar-refractivity contribution in [1.29, 1.82) is 21.0 Å². The lowest BCUT2D eigenvalue weighted by atomic mass is 10.1. The Labute approximate surface area is 128 Å². The van der Waals surface area contributed by atoms with Gasteiger partial charge in [-0.05, 0) is 12.1 Å². The Morgan fingerprint density at radius 1 is 1.00 bits per heavy atom. The fourth-order valence-electron chi connectivity index (χ4n) is 1.51. The van der Waals surface area contributed by atoms with Crippen molar-refractivity contribution in [2.45, 2.75) is 0 Å². The molecule has 7 heteroatoms. The van der Waals surface area contributed by atoms with Gasteiger partial charge in [0.25, 0.3) is 0 Å². The predicted octanol–water partition coefficient (Wildman–Crippen LogP) is 0.216. The van der Waals surface area contributed by atoms with Gasteiger partial charge < -0.3 is 9.84 Å². The highest BCUT2D eigenvalue weighted by Crippen LogP contribution is 2.10. The van der Waals surface area contributed by atoms with E-state index >= 15 is 0 Å². The lowest BCUT2D eigenvalue weighted by Crippen LogP contribution is -2.19. The van der Waals surface area contributed by atoms with E-state index in [0.29, 0.717) is 4.47 Å². The Morgan fingerprint density at radius 2 is 1.52 bits per heavy atom. The Bertz CT molecular complexity index is 816. The molecule has 0 aliphatic heterocycles. The van der Waals surface area contributed by atoms with E-state index in [1.807, 2.05) is 0 Å². The van der Waals surface area contributed by atoms with Crippen LogP contribution in [0.25, 0.3) is 11.1 Å². The largest absolute Gasteiger partial charge is 0.490 e. The minimum absolute atomic E-state index is 0.0490. The molecule has 0 aliphatic carbocycles. The summed E-state index contributed by atoms with van der Waals surface area (Å²) >= 11 is 3.20. The van der Waals surface area contributed by atoms with Crippen molar-refractivity contribution < 1.29 is 9.84 Å². The third kappa shape index (κ3) is 3.59. The maximum Gasteiger partial charge on any atom is 0.140 e. The smallest absolute Gasteiger partial charge is 0.140 e. The minimum atomic E-state index is -0.258. The van der Waals surface area contributed by atoms with Crippen LogP contribution in [0, 0.1) is 45.3 Å². The fourth-order valence-corrected chi connectivity index (χ4v) is 2.05. The van der Waals surface area contributed by atoms with Crippen molar-refractivity contribution in [2.24, 2.45) is 0 Å². The van der Waals surface area contributed by atoms with E-state index in [-0.39, 0.29) is 40.5 Å². The van der Waals surface area contributed by atoms with Crippen LogP contribution in [-0.4, -0.2) is 18.3 Å². The molecular formula is C14H7BrN4O2. The van der Waals surface area contributed by atoms with Crippen LogP contribution in [0.2, 0.25) is 0 Å². The third-order valence-electron chi connectivity index (χ3n) is 2.40. The van der Waals surface area contributed by atoms with Gasteiger partial charge in [0.15, 0.2) is 0 Å². The quantitative estimate of drug-likeness (QED) is 0.837. The van der Waals surface area contributed by atoms with E-state index in [4.69, 9.17) is 30.9 Å². The fraction of sp³-hybridized carbons (Fsp3) is 0.143. The Morgan fingerprint density at radius 3 is 2.00 bits per heavy atom. The highest BCUT2D eigenvalue weighted by atomic mass is 79.9. The number of ether oxygens (including phenoxy) is 1. The van der Waals surface area contributed by atoms with Gasteiger partial charge in [0.05, 0.1) is 6.61 Å². The first-order valence-corrected chi connectivity index (χ1v) is 6.34. The highest BCUT2D eigenvalue weighted by molar-refractivity contribution is 9.10. The topological polar surface area (TPSA) is 125 Å². The molecule has 0 spiro atoms. The van der Waals surface area contributed by atoms with Crippen LogP contribution in [0.4, 0.5) is 0 Å². The molecule has 6 nitrogen and oxygen atoms in total. The molecular weight excluding hydrogens is 336 g/mol. The summed E-state index contributed by atoms with van der Waals surface area (Å²) in [7, 11) is 0. The summed E-state index contributed by atoms with van der Waals surface area (Å²) in [6, 6.07) is 9.80. The zero-order chi connectivity index (χ0) is 15.8. The first-order valence-electron chi connectivity index (χ1n) is 5.55. The molecule has 0 unspecified atom stereocenters. The predicted molar refractivity (Wildman–Crippen MR) is 75.2 cm³/mol. The summed E-state index contributed by atoms with van der Waals surface area (Å²) in [4.78, 5) is 0. The molecule has 0 atom stereocenters. The molecule has 0 saturated carbocycles. The van der Waals surface area contributed by atoms with Crippen LogP contribution in [0.5, 0.6) is 5.75 Å². The number of hydrogen-bond acceptors (Lipinski definition) is 6. The van der Waals surface area contributed by atoms with Gasteiger partial charge in [-0.1, -0.05) is 15.9 Å². The van der Waals surface area contributed by atoms with Gasteiger partial charge in [0.2, 0.25) is 0 Å². The number of hydrogen-bond donors (Lipinski definition) is 1. The molecule has 1 rings (SSSR count). The number of halogens is 1. The molecule has 0 saturated heterocycles. The van der Waals surface area contributed by atoms with Crippen LogP contribution in [0.15, 0.2) is 16.6 Å². The lowest BCUT2D eigenvalue weighted by molar-refractivity contribution is 0.200. The maximum atomic E-state index is 8.95. The third-order valence-corrected chi connectivity index (χ3v) is 3.06. The van der Waals surface area contributed by atoms with E-state index in [0.717, 1.165) is 0 Å². The van der Waals surface area contributed by atoms with Gasteiger partial charge in [0, 0.05) is 14.9 Å². The summed E-state index contributed by atoms with van der Waals surface area (Å²) in [5, 5.41) is 45.1. The Balaban J connectivity index is 3.88. The van der Waals surface area contributed by atoms with Gasteiger partial charge in [-0.2, -0.15) is 21.0 Å². The van der Waals surface area contributed by atoms with Crippen LogP contribution in [0.1, 0.15) is 0 Å². The molecule has 0 fully saturated rings. The minimum Gasteiger partial charge on any atom is -0.490 e. The molecule has 0 radical (unpaired) electrons. The summed E-state index contributed by atoms with van der Waals surface area (Å²) in [6.07, 6.45) is 0. The van der Waals surface area contributed by atoms with E-state index in [2.05, 4.69) is 15.9 Å². The molecule has 0 aliphatic rings. The van der Waals surface area contributed by atoms with Crippen LogP contribution >= 0.6 is 15.9 Å². The molecule has 102 valence electrons. The SMILES string of the molecule is N#CC(C#N)=c1cc(OCCO)c(=C(C#N)C#N)cc1Br. The van der Waals surface area contributed by atoms with E-state index in [1.54, 1.807) is 24.3 Å². The van der Waals surface area contributed by atoms with Gasteiger partial charge in [0.1, 0.15) is 47.8 Å². The zero-order valence-corrected chi connectivity index (χ0v) is 12.2. The first-order chi connectivity index (χ1) is 10.1. The normalized spacial score (nSPS) is 8.67. The number of nitrogens with zero attached hydrogens (tertiary/aromatic N) is 4. The van der Waals surface area contributed by atoms with Crippen molar-refractivity contribution in [3.8, 4) is 30.0 Å². The zero-order valence-electron chi connectivity index (χ0n) is 10.6. The van der Waals surface area contributed by atoms with Gasteiger partial charge in [-0.15, -0.1) is 0 Å². The average molecular weight is 343 g/mol. The number of aliphatic hydroxyl groups is 1. The average Bonchev–Trinajstić information content (AvgIpc) is 2.50. The van der Waals surface area contributed by atoms with E-state index < -0.39 is 0 Å². The monoisotopic (exact) mass is 342 g/mol. The summed E-state index contributed by atoms with van der Waals surface area (Å²) < 4.78 is 5.66. The second-order valence-electron chi connectivity index (χ2n) is 3.60. The van der Waals surface area contributed by atoms with Gasteiger partial charge in [-0.3, -0.25) is 0 Å². The second-order valence-corrected chi connectivity index (χ2v) is 4.45. The van der Waals surface area contributed by atoms with Crippen molar-refractivity contribution in [2.75, 3.05) is 13.2 Å². The van der Waals surface area contributed by atoms with Crippen LogP contribution in [0.3, 0.4) is 0 Å². The van der Waals surface area contributed by atoms with E-state index in [1.165, 1.54) is 12.1 Å². The Kier molecular flexibility index (Phi) is 5.93. The molecule has 0 amide bonds. The summed E-state index contributed by atoms with van der Waals surface area (Å²) in [5.41, 5.74) is -0.316. The molecule has 0 bridgehead atoms. The van der Waals surface area contributed by atoms with Crippen LogP contribution < -0.4 is 15.2 Å². The van der Waals surface area contributed by atoms with E-state index in [9.17, 15) is 0 Å². The molecule has 0 heterocycles. The van der Waals surface area contributed by atoms with Crippen molar-refractivity contribution in [3.63, 3.8) is 0 Å².